The molecule has 0 spiro atoms. The molecule has 12 heavy (non-hydrogen) atoms. The number of hydrogen-bond donors (Lipinski definition) is 1. The molecule has 1 N–H and O–H groups in total. The summed E-state index contributed by atoms with van der Waals surface area (Å²) in [5.41, 5.74) is 0. The van der Waals surface area contributed by atoms with Crippen LogP contribution in [0.4, 0.5) is 13.2 Å². The number of phenols is 1. The van der Waals surface area contributed by atoms with Crippen molar-refractivity contribution in [2.75, 3.05) is 0 Å². The number of alkyl halides is 2. The summed E-state index contributed by atoms with van der Waals surface area (Å²) in [6.45, 7) is -3.15. The van der Waals surface area contributed by atoms with E-state index in [0.717, 1.165) is 12.1 Å². The molecule has 0 aliphatic rings. The number of ether oxygens (including phenoxy) is 1. The Bertz CT molecular complexity index is 255. The Balaban J connectivity index is 2.96. The maximum absolute atomic E-state index is 12.6. The van der Waals surface area contributed by atoms with Crippen LogP contribution >= 0.6 is 0 Å². The highest BCUT2D eigenvalue weighted by Gasteiger charge is 2.13. The molecule has 1 aromatic carbocycles. The van der Waals surface area contributed by atoms with Gasteiger partial charge >= 0.3 is 6.61 Å². The number of rotatable bonds is 2. The molecule has 0 aromatic heterocycles. The van der Waals surface area contributed by atoms with Gasteiger partial charge in [-0.1, -0.05) is 6.07 Å². The van der Waals surface area contributed by atoms with Crippen LogP contribution in [0.2, 0.25) is 0 Å². The monoisotopic (exact) mass is 178 g/mol. The van der Waals surface area contributed by atoms with Crippen LogP contribution in [0.3, 0.4) is 0 Å². The van der Waals surface area contributed by atoms with E-state index < -0.39 is 23.9 Å². The Kier molecular flexibility index (Phi) is 2.42. The van der Waals surface area contributed by atoms with E-state index in [1.807, 2.05) is 0 Å². The highest BCUT2D eigenvalue weighted by molar-refractivity contribution is 5.39. The SMILES string of the molecule is Oc1cccc(F)c1OC(F)F. The zero-order valence-corrected chi connectivity index (χ0v) is 5.80. The van der Waals surface area contributed by atoms with Crippen molar-refractivity contribution in [3.63, 3.8) is 0 Å². The fourth-order valence-electron chi connectivity index (χ4n) is 0.703. The molecule has 1 aromatic rings. The van der Waals surface area contributed by atoms with Gasteiger partial charge in [0.1, 0.15) is 0 Å². The van der Waals surface area contributed by atoms with Crippen LogP contribution in [0, 0.1) is 5.82 Å². The molecule has 2 nitrogen and oxygen atoms in total. The van der Waals surface area contributed by atoms with Gasteiger partial charge in [-0.05, 0) is 12.1 Å². The summed E-state index contributed by atoms with van der Waals surface area (Å²) in [5.74, 6) is -2.49. The summed E-state index contributed by atoms with van der Waals surface area (Å²) < 4.78 is 39.5. The predicted octanol–water partition coefficient (Wildman–Crippen LogP) is 2.13. The third-order valence-corrected chi connectivity index (χ3v) is 1.15. The highest BCUT2D eigenvalue weighted by Crippen LogP contribution is 2.29. The predicted molar refractivity (Wildman–Crippen MR) is 34.7 cm³/mol. The van der Waals surface area contributed by atoms with Crippen molar-refractivity contribution in [1.82, 2.24) is 0 Å². The van der Waals surface area contributed by atoms with E-state index in [4.69, 9.17) is 5.11 Å². The Morgan fingerprint density at radius 1 is 1.33 bits per heavy atom. The minimum Gasteiger partial charge on any atom is -0.504 e. The number of hydrogen-bond acceptors (Lipinski definition) is 2. The van der Waals surface area contributed by atoms with Crippen LogP contribution in [0.1, 0.15) is 0 Å². The third kappa shape index (κ3) is 1.81. The van der Waals surface area contributed by atoms with Crippen molar-refractivity contribution in [1.29, 1.82) is 0 Å². The van der Waals surface area contributed by atoms with E-state index in [2.05, 4.69) is 4.74 Å². The van der Waals surface area contributed by atoms with Crippen LogP contribution in [0.25, 0.3) is 0 Å². The average Bonchev–Trinajstić information content (AvgIpc) is 1.97. The molecule has 0 aliphatic heterocycles. The summed E-state index contributed by atoms with van der Waals surface area (Å²) in [6.07, 6.45) is 0. The number of phenolic OH excluding ortho intramolecular Hbond substituents is 1. The van der Waals surface area contributed by atoms with E-state index in [-0.39, 0.29) is 0 Å². The quantitative estimate of drug-likeness (QED) is 0.751. The van der Waals surface area contributed by atoms with Gasteiger partial charge in [0.25, 0.3) is 0 Å². The molecule has 0 saturated carbocycles. The van der Waals surface area contributed by atoms with Gasteiger partial charge in [0.2, 0.25) is 5.75 Å². The van der Waals surface area contributed by atoms with E-state index in [9.17, 15) is 13.2 Å². The average molecular weight is 178 g/mol. The molecule has 0 fully saturated rings. The third-order valence-electron chi connectivity index (χ3n) is 1.15. The second-order valence-corrected chi connectivity index (χ2v) is 1.97. The van der Waals surface area contributed by atoms with Crippen LogP contribution in [0.15, 0.2) is 18.2 Å². The fourth-order valence-corrected chi connectivity index (χ4v) is 0.703. The van der Waals surface area contributed by atoms with Crippen molar-refractivity contribution >= 4 is 0 Å². The smallest absolute Gasteiger partial charge is 0.387 e. The molecular formula is C7H5F3O2. The summed E-state index contributed by atoms with van der Waals surface area (Å²) in [5, 5.41) is 8.84. The number of benzene rings is 1. The Labute approximate surface area is 66.2 Å². The maximum atomic E-state index is 12.6. The molecule has 66 valence electrons. The molecule has 0 heterocycles. The molecule has 1 rings (SSSR count). The molecule has 0 bridgehead atoms. The van der Waals surface area contributed by atoms with Gasteiger partial charge in [0.15, 0.2) is 11.6 Å². The van der Waals surface area contributed by atoms with Crippen molar-refractivity contribution in [3.8, 4) is 11.5 Å². The van der Waals surface area contributed by atoms with E-state index in [1.165, 1.54) is 6.07 Å². The van der Waals surface area contributed by atoms with Crippen LogP contribution in [0.5, 0.6) is 11.5 Å². The van der Waals surface area contributed by atoms with E-state index >= 15 is 0 Å². The van der Waals surface area contributed by atoms with Gasteiger partial charge in [0, 0.05) is 0 Å². The first kappa shape index (κ1) is 8.70. The van der Waals surface area contributed by atoms with Gasteiger partial charge in [-0.25, -0.2) is 4.39 Å². The highest BCUT2D eigenvalue weighted by atomic mass is 19.3. The minimum atomic E-state index is -3.15. The van der Waals surface area contributed by atoms with Crippen LogP contribution in [-0.4, -0.2) is 11.7 Å². The molecule has 0 aliphatic carbocycles. The first-order valence-corrected chi connectivity index (χ1v) is 3.03. The van der Waals surface area contributed by atoms with Crippen molar-refractivity contribution in [3.05, 3.63) is 24.0 Å². The first-order valence-electron chi connectivity index (χ1n) is 3.03. The molecular weight excluding hydrogens is 173 g/mol. The van der Waals surface area contributed by atoms with E-state index in [0.29, 0.717) is 0 Å². The molecule has 0 saturated heterocycles. The van der Waals surface area contributed by atoms with Crippen LogP contribution in [-0.2, 0) is 0 Å². The van der Waals surface area contributed by atoms with Crippen molar-refractivity contribution in [2.45, 2.75) is 6.61 Å². The van der Waals surface area contributed by atoms with Gasteiger partial charge in [-0.3, -0.25) is 0 Å². The topological polar surface area (TPSA) is 29.5 Å². The summed E-state index contributed by atoms with van der Waals surface area (Å²) in [7, 11) is 0. The minimum absolute atomic E-state index is 0.643. The fraction of sp³-hybridized carbons (Fsp3) is 0.143. The largest absolute Gasteiger partial charge is 0.504 e. The molecule has 5 heteroatoms. The normalized spacial score (nSPS) is 10.3. The lowest BCUT2D eigenvalue weighted by molar-refractivity contribution is -0.0536. The van der Waals surface area contributed by atoms with Gasteiger partial charge < -0.3 is 9.84 Å². The second-order valence-electron chi connectivity index (χ2n) is 1.97. The van der Waals surface area contributed by atoms with Gasteiger partial charge in [0.05, 0.1) is 0 Å². The lowest BCUT2D eigenvalue weighted by Crippen LogP contribution is -2.03. The molecule has 0 atom stereocenters. The summed E-state index contributed by atoms with van der Waals surface area (Å²) in [4.78, 5) is 0. The maximum Gasteiger partial charge on any atom is 0.387 e. The van der Waals surface area contributed by atoms with Gasteiger partial charge in [-0.15, -0.1) is 0 Å². The van der Waals surface area contributed by atoms with Crippen molar-refractivity contribution in [2.24, 2.45) is 0 Å². The Morgan fingerprint density at radius 2 is 2.00 bits per heavy atom. The first-order chi connectivity index (χ1) is 5.61. The zero-order valence-electron chi connectivity index (χ0n) is 5.80. The zero-order chi connectivity index (χ0) is 9.14. The molecule has 0 radical (unpaired) electrons. The standard InChI is InChI=1S/C7H5F3O2/c8-4-2-1-3-5(11)6(4)12-7(9)10/h1-3,7,11H. The lowest BCUT2D eigenvalue weighted by Gasteiger charge is -2.06. The van der Waals surface area contributed by atoms with Crippen LogP contribution < -0.4 is 4.74 Å². The van der Waals surface area contributed by atoms with E-state index in [1.54, 1.807) is 0 Å². The Morgan fingerprint density at radius 3 is 2.50 bits per heavy atom. The summed E-state index contributed by atoms with van der Waals surface area (Å²) >= 11 is 0. The molecule has 0 amide bonds. The number of aromatic hydroxyl groups is 1. The summed E-state index contributed by atoms with van der Waals surface area (Å²) in [6, 6.07) is 3.15. The Hall–Kier alpha value is -1.39. The van der Waals surface area contributed by atoms with Gasteiger partial charge in [-0.2, -0.15) is 8.78 Å². The molecule has 0 unspecified atom stereocenters. The number of para-hydroxylation sites is 1. The lowest BCUT2D eigenvalue weighted by atomic mass is 10.3. The number of halogens is 3. The second kappa shape index (κ2) is 3.34. The van der Waals surface area contributed by atoms with Crippen molar-refractivity contribution < 1.29 is 23.0 Å².